The number of allylic oxidation sites excluding steroid dienone is 2. The lowest BCUT2D eigenvalue weighted by atomic mass is 9.83. The molecule has 0 aliphatic heterocycles. The zero-order valence-corrected chi connectivity index (χ0v) is 21.2. The normalized spacial score (nSPS) is 14.1. The maximum absolute atomic E-state index is 13.6. The topological polar surface area (TPSA) is 101 Å². The number of hydrogen-bond acceptors (Lipinski definition) is 4. The number of carboxylic acids is 1. The monoisotopic (exact) mass is 509 g/mol. The van der Waals surface area contributed by atoms with Crippen LogP contribution in [-0.2, 0) is 4.79 Å². The van der Waals surface area contributed by atoms with Crippen LogP contribution in [0.2, 0.25) is 0 Å². The fourth-order valence-electron chi connectivity index (χ4n) is 4.78. The zero-order valence-electron chi connectivity index (χ0n) is 21.2. The minimum Gasteiger partial charge on any atom is -0.481 e. The second-order valence-electron chi connectivity index (χ2n) is 9.55. The molecular weight excluding hydrogens is 478 g/mol. The maximum atomic E-state index is 13.6. The molecule has 0 radical (unpaired) electrons. The van der Waals surface area contributed by atoms with Gasteiger partial charge < -0.3 is 10.4 Å². The summed E-state index contributed by atoms with van der Waals surface area (Å²) in [4.78, 5) is 49.6. The van der Waals surface area contributed by atoms with Gasteiger partial charge in [-0.2, -0.15) is 0 Å². The highest BCUT2D eigenvalue weighted by Gasteiger charge is 2.20. The van der Waals surface area contributed by atoms with Gasteiger partial charge in [0.15, 0.2) is 11.6 Å². The molecule has 0 unspecified atom stereocenters. The minimum atomic E-state index is -0.998. The van der Waals surface area contributed by atoms with E-state index < -0.39 is 11.9 Å². The first kappa shape index (κ1) is 26.7. The second kappa shape index (κ2) is 12.8. The van der Waals surface area contributed by atoms with Crippen molar-refractivity contribution in [3.05, 3.63) is 113 Å². The molecule has 0 atom stereocenters. The maximum Gasteiger partial charge on any atom is 0.305 e. The molecule has 0 bridgehead atoms. The number of benzene rings is 3. The van der Waals surface area contributed by atoms with Crippen molar-refractivity contribution in [3.63, 3.8) is 0 Å². The molecule has 2 N–H and O–H groups in total. The van der Waals surface area contributed by atoms with Crippen LogP contribution in [0.5, 0.6) is 0 Å². The molecule has 3 aromatic rings. The Labute approximate surface area is 222 Å². The van der Waals surface area contributed by atoms with E-state index in [1.54, 1.807) is 36.4 Å². The molecule has 38 heavy (non-hydrogen) atoms. The summed E-state index contributed by atoms with van der Waals surface area (Å²) in [5.41, 5.74) is 3.35. The summed E-state index contributed by atoms with van der Waals surface area (Å²) in [5.74, 6) is -1.47. The Bertz CT molecular complexity index is 1320. The van der Waals surface area contributed by atoms with Crippen LogP contribution in [0.4, 0.5) is 0 Å². The van der Waals surface area contributed by atoms with Gasteiger partial charge in [0, 0.05) is 28.8 Å². The number of amides is 1. The number of rotatable bonds is 10. The molecular formula is C32H31NO5. The van der Waals surface area contributed by atoms with E-state index in [0.29, 0.717) is 28.2 Å². The summed E-state index contributed by atoms with van der Waals surface area (Å²) in [6, 6.07) is 22.9. The van der Waals surface area contributed by atoms with E-state index in [1.807, 2.05) is 18.2 Å². The molecule has 6 nitrogen and oxygen atoms in total. The van der Waals surface area contributed by atoms with E-state index in [0.717, 1.165) is 0 Å². The van der Waals surface area contributed by atoms with Gasteiger partial charge >= 0.3 is 5.97 Å². The van der Waals surface area contributed by atoms with Crippen molar-refractivity contribution in [1.82, 2.24) is 5.32 Å². The number of nitrogens with one attached hydrogen (secondary N) is 1. The Morgan fingerprint density at radius 3 is 1.97 bits per heavy atom. The molecule has 1 aliphatic rings. The number of ketones is 2. The second-order valence-corrected chi connectivity index (χ2v) is 9.55. The Balaban J connectivity index is 1.59. The third-order valence-electron chi connectivity index (χ3n) is 6.91. The fourth-order valence-corrected chi connectivity index (χ4v) is 4.78. The third-order valence-corrected chi connectivity index (χ3v) is 6.91. The summed E-state index contributed by atoms with van der Waals surface area (Å²) in [6.07, 6.45) is 7.30. The van der Waals surface area contributed by atoms with E-state index in [-0.39, 0.29) is 30.1 Å². The van der Waals surface area contributed by atoms with Gasteiger partial charge in [0.2, 0.25) is 0 Å². The number of hydrogen-bond donors (Lipinski definition) is 2. The molecule has 3 aromatic carbocycles. The molecule has 4 rings (SSSR count). The van der Waals surface area contributed by atoms with Crippen molar-refractivity contribution in [3.8, 4) is 0 Å². The SMILES string of the molecule is O=C(O)CCNC(=O)c1ccc(C(=O)/C(=C\C(=O)c2ccccc2)c2ccc(C3CCCCC3)cc2)cc1. The minimum absolute atomic E-state index is 0.0141. The number of carbonyl (C=O) groups excluding carboxylic acids is 3. The molecule has 194 valence electrons. The van der Waals surface area contributed by atoms with Gasteiger partial charge in [-0.25, -0.2) is 0 Å². The quantitative estimate of drug-likeness (QED) is 0.255. The van der Waals surface area contributed by atoms with Crippen LogP contribution in [0.3, 0.4) is 0 Å². The molecule has 0 heterocycles. The Kier molecular flexibility index (Phi) is 8.98. The summed E-state index contributed by atoms with van der Waals surface area (Å²) in [5, 5.41) is 11.3. The Morgan fingerprint density at radius 1 is 0.737 bits per heavy atom. The van der Waals surface area contributed by atoms with E-state index in [9.17, 15) is 19.2 Å². The van der Waals surface area contributed by atoms with Crippen LogP contribution in [-0.4, -0.2) is 35.1 Å². The summed E-state index contributed by atoms with van der Waals surface area (Å²) in [6.45, 7) is 0.0141. The standard InChI is InChI=1S/C32H31NO5/c34-29(25-9-5-2-6-10-25)21-28(24-13-11-23(12-14-24)22-7-3-1-4-8-22)31(37)26-15-17-27(18-16-26)32(38)33-20-19-30(35)36/h2,5-6,9-18,21-22H,1,3-4,7-8,19-20H2,(H,33,38)(H,35,36)/b28-21-. The predicted octanol–water partition coefficient (Wildman–Crippen LogP) is 6.09. The molecule has 0 spiro atoms. The van der Waals surface area contributed by atoms with E-state index in [2.05, 4.69) is 17.4 Å². The molecule has 6 heteroatoms. The number of aliphatic carboxylic acids is 1. The third kappa shape index (κ3) is 6.91. The van der Waals surface area contributed by atoms with E-state index in [4.69, 9.17) is 5.11 Å². The lowest BCUT2D eigenvalue weighted by Crippen LogP contribution is -2.26. The van der Waals surface area contributed by atoms with Gasteiger partial charge in [-0.1, -0.05) is 86.0 Å². The van der Waals surface area contributed by atoms with Gasteiger partial charge in [0.25, 0.3) is 5.91 Å². The lowest BCUT2D eigenvalue weighted by molar-refractivity contribution is -0.136. The van der Waals surface area contributed by atoms with Crippen LogP contribution in [0.1, 0.15) is 86.6 Å². The molecule has 1 aliphatic carbocycles. The van der Waals surface area contributed by atoms with Crippen LogP contribution >= 0.6 is 0 Å². The van der Waals surface area contributed by atoms with Crippen molar-refractivity contribution in [2.24, 2.45) is 0 Å². The summed E-state index contributed by atoms with van der Waals surface area (Å²) >= 11 is 0. The van der Waals surface area contributed by atoms with Gasteiger partial charge in [0.1, 0.15) is 0 Å². The highest BCUT2D eigenvalue weighted by Crippen LogP contribution is 2.33. The number of carboxylic acid groups (broad SMARTS) is 1. The lowest BCUT2D eigenvalue weighted by Gasteiger charge is -2.22. The highest BCUT2D eigenvalue weighted by molar-refractivity contribution is 6.32. The van der Waals surface area contributed by atoms with E-state index in [1.165, 1.54) is 55.9 Å². The Morgan fingerprint density at radius 2 is 1.34 bits per heavy atom. The highest BCUT2D eigenvalue weighted by atomic mass is 16.4. The van der Waals surface area contributed by atoms with Gasteiger partial charge in [-0.15, -0.1) is 0 Å². The number of carbonyl (C=O) groups is 4. The largest absolute Gasteiger partial charge is 0.481 e. The molecule has 0 aromatic heterocycles. The van der Waals surface area contributed by atoms with Gasteiger partial charge in [0.05, 0.1) is 6.42 Å². The van der Waals surface area contributed by atoms with Crippen molar-refractivity contribution in [1.29, 1.82) is 0 Å². The average Bonchev–Trinajstić information content (AvgIpc) is 2.96. The van der Waals surface area contributed by atoms with Crippen LogP contribution in [0.15, 0.2) is 84.9 Å². The Hall–Kier alpha value is -4.32. The fraction of sp³-hybridized carbons (Fsp3) is 0.250. The molecule has 0 saturated heterocycles. The first-order valence-corrected chi connectivity index (χ1v) is 13.0. The smallest absolute Gasteiger partial charge is 0.305 e. The van der Waals surface area contributed by atoms with Crippen molar-refractivity contribution < 1.29 is 24.3 Å². The predicted molar refractivity (Wildman–Crippen MR) is 146 cm³/mol. The summed E-state index contributed by atoms with van der Waals surface area (Å²) in [7, 11) is 0. The average molecular weight is 510 g/mol. The van der Waals surface area contributed by atoms with Crippen molar-refractivity contribution >= 4 is 29.0 Å². The van der Waals surface area contributed by atoms with Crippen LogP contribution in [0, 0.1) is 0 Å². The van der Waals surface area contributed by atoms with Gasteiger partial charge in [-0.3, -0.25) is 19.2 Å². The molecule has 1 fully saturated rings. The number of Topliss-reactive ketones (excluding diaryl/α,β-unsaturated/α-hetero) is 1. The molecule has 1 amide bonds. The first-order valence-electron chi connectivity index (χ1n) is 13.0. The van der Waals surface area contributed by atoms with Crippen molar-refractivity contribution in [2.45, 2.75) is 44.4 Å². The van der Waals surface area contributed by atoms with Crippen LogP contribution < -0.4 is 5.32 Å². The van der Waals surface area contributed by atoms with Crippen LogP contribution in [0.25, 0.3) is 5.57 Å². The zero-order chi connectivity index (χ0) is 26.9. The van der Waals surface area contributed by atoms with Gasteiger partial charge in [-0.05, 0) is 48.1 Å². The molecule has 1 saturated carbocycles. The summed E-state index contributed by atoms with van der Waals surface area (Å²) < 4.78 is 0. The van der Waals surface area contributed by atoms with Crippen molar-refractivity contribution in [2.75, 3.05) is 6.54 Å². The first-order chi connectivity index (χ1) is 18.4. The van der Waals surface area contributed by atoms with E-state index >= 15 is 0 Å².